The predicted octanol–water partition coefficient (Wildman–Crippen LogP) is 4.57. The molecule has 0 radical (unpaired) electrons. The number of alkyl halides is 6. The molecule has 7 nitrogen and oxygen atoms in total. The first kappa shape index (κ1) is 22.7. The number of carbonyl (C=O) groups is 1. The quantitative estimate of drug-likeness (QED) is 0.456. The Kier molecular flexibility index (Phi) is 6.09. The molecule has 0 unspecified atom stereocenters. The fourth-order valence-electron chi connectivity index (χ4n) is 2.33. The Morgan fingerprint density at radius 3 is 2.12 bits per heavy atom. The summed E-state index contributed by atoms with van der Waals surface area (Å²) in [4.78, 5) is 19.7. The van der Waals surface area contributed by atoms with Gasteiger partial charge in [-0.2, -0.15) is 13.2 Å². The lowest BCUT2D eigenvalue weighted by Crippen LogP contribution is -2.16. The number of pyridine rings is 2. The Balaban J connectivity index is 1.95. The fourth-order valence-corrected chi connectivity index (χ4v) is 2.33. The van der Waals surface area contributed by atoms with Crippen molar-refractivity contribution in [3.63, 3.8) is 0 Å². The molecule has 0 aliphatic carbocycles. The molecular formula is C19H11F6N3O4. The summed E-state index contributed by atoms with van der Waals surface area (Å²) in [6.45, 7) is 0. The average molecular weight is 459 g/mol. The normalized spacial score (nSPS) is 11.7. The summed E-state index contributed by atoms with van der Waals surface area (Å²) >= 11 is 0. The highest BCUT2D eigenvalue weighted by Crippen LogP contribution is 2.33. The summed E-state index contributed by atoms with van der Waals surface area (Å²) in [7, 11) is 0. The molecule has 0 aliphatic rings. The maximum absolute atomic E-state index is 13.1. The average Bonchev–Trinajstić information content (AvgIpc) is 2.69. The summed E-state index contributed by atoms with van der Waals surface area (Å²) in [5.41, 5.74) is -1.88. The van der Waals surface area contributed by atoms with Crippen molar-refractivity contribution in [3.05, 3.63) is 77.5 Å². The van der Waals surface area contributed by atoms with Gasteiger partial charge in [0.05, 0.1) is 10.9 Å². The summed E-state index contributed by atoms with van der Waals surface area (Å²) < 4.78 is 85.7. The van der Waals surface area contributed by atoms with Gasteiger partial charge in [0.25, 0.3) is 5.91 Å². The third kappa shape index (κ3) is 6.00. The van der Waals surface area contributed by atoms with Crippen molar-refractivity contribution in [2.75, 3.05) is 0 Å². The Morgan fingerprint density at radius 1 is 0.969 bits per heavy atom. The summed E-state index contributed by atoms with van der Waals surface area (Å²) in [5.74, 6) is -2.36. The number of carbonyl (C=O) groups excluding carboxylic acids is 1. The molecule has 13 heteroatoms. The number of amides is 1. The molecular weight excluding hydrogens is 448 g/mol. The Hall–Kier alpha value is -4.03. The maximum Gasteiger partial charge on any atom is 0.573 e. The van der Waals surface area contributed by atoms with E-state index >= 15 is 0 Å². The van der Waals surface area contributed by atoms with Gasteiger partial charge in [0.2, 0.25) is 5.88 Å². The number of aromatic nitrogens is 2. The lowest BCUT2D eigenvalue weighted by atomic mass is 10.2. The molecule has 0 aliphatic heterocycles. The van der Waals surface area contributed by atoms with Gasteiger partial charge in [0, 0.05) is 18.6 Å². The Labute approximate surface area is 174 Å². The molecule has 32 heavy (non-hydrogen) atoms. The van der Waals surface area contributed by atoms with Crippen LogP contribution in [0.2, 0.25) is 0 Å². The minimum atomic E-state index is -4.91. The number of benzene rings is 1. The van der Waals surface area contributed by atoms with E-state index in [-0.39, 0.29) is 11.1 Å². The predicted molar refractivity (Wildman–Crippen MR) is 93.9 cm³/mol. The van der Waals surface area contributed by atoms with E-state index in [4.69, 9.17) is 4.74 Å². The van der Waals surface area contributed by atoms with Crippen molar-refractivity contribution in [3.8, 4) is 17.4 Å². The number of rotatable bonds is 4. The molecule has 0 spiro atoms. The van der Waals surface area contributed by atoms with Crippen LogP contribution in [0.1, 0.15) is 15.9 Å². The monoisotopic (exact) mass is 459 g/mol. The molecule has 0 saturated carbocycles. The van der Waals surface area contributed by atoms with Crippen molar-refractivity contribution in [2.24, 2.45) is 4.99 Å². The van der Waals surface area contributed by atoms with Gasteiger partial charge in [0.15, 0.2) is 0 Å². The second-order valence-corrected chi connectivity index (χ2v) is 6.05. The van der Waals surface area contributed by atoms with Crippen LogP contribution in [0.25, 0.3) is 0 Å². The van der Waals surface area contributed by atoms with Crippen LogP contribution in [0.5, 0.6) is 17.4 Å². The van der Waals surface area contributed by atoms with Crippen LogP contribution in [0.4, 0.5) is 26.3 Å². The highest BCUT2D eigenvalue weighted by Gasteiger charge is 2.33. The smallest absolute Gasteiger partial charge is 0.438 e. The zero-order valence-corrected chi connectivity index (χ0v) is 15.6. The van der Waals surface area contributed by atoms with Gasteiger partial charge in [-0.3, -0.25) is 4.79 Å². The van der Waals surface area contributed by atoms with E-state index in [0.29, 0.717) is 17.0 Å². The molecule has 1 N–H and O–H groups in total. The van der Waals surface area contributed by atoms with Crippen molar-refractivity contribution in [1.82, 2.24) is 9.71 Å². The molecule has 0 bridgehead atoms. The third-order valence-electron chi connectivity index (χ3n) is 3.71. The van der Waals surface area contributed by atoms with Crippen LogP contribution in [0.15, 0.2) is 66.0 Å². The highest BCUT2D eigenvalue weighted by molar-refractivity contribution is 5.97. The first-order chi connectivity index (χ1) is 14.9. The van der Waals surface area contributed by atoms with Crippen LogP contribution >= 0.6 is 0 Å². The number of hydrogen-bond donors (Lipinski definition) is 1. The molecule has 1 aromatic carbocycles. The molecule has 0 atom stereocenters. The SMILES string of the molecule is O=C(N=c1ccn(O)cc1)c1cc(C(F)(F)F)cnc1Oc1ccc(OC(F)(F)F)cc1. The number of nitrogens with zero attached hydrogens (tertiary/aromatic N) is 3. The minimum absolute atomic E-state index is 0.0253. The van der Waals surface area contributed by atoms with Crippen LogP contribution in [0.3, 0.4) is 0 Å². The topological polar surface area (TPSA) is 85.9 Å². The zero-order chi connectivity index (χ0) is 23.5. The standard InChI is InChI=1S/C19H11F6N3O4/c20-18(21,22)11-9-15(16(29)27-12-5-7-28(30)8-6-12)17(26-10-11)31-13-1-3-14(4-2-13)32-19(23,24)25/h1-10,30H. The molecule has 0 fully saturated rings. The van der Waals surface area contributed by atoms with E-state index in [2.05, 4.69) is 14.7 Å². The second-order valence-electron chi connectivity index (χ2n) is 6.05. The highest BCUT2D eigenvalue weighted by atomic mass is 19.4. The maximum atomic E-state index is 13.1. The third-order valence-corrected chi connectivity index (χ3v) is 3.71. The molecule has 2 aromatic heterocycles. The van der Waals surface area contributed by atoms with Gasteiger partial charge in [-0.15, -0.1) is 13.2 Å². The summed E-state index contributed by atoms with van der Waals surface area (Å²) in [6, 6.07) is 6.84. The van der Waals surface area contributed by atoms with Crippen molar-refractivity contribution in [1.29, 1.82) is 0 Å². The number of ether oxygens (including phenoxy) is 2. The van der Waals surface area contributed by atoms with Gasteiger partial charge in [-0.1, -0.05) is 0 Å². The Morgan fingerprint density at radius 2 is 1.56 bits per heavy atom. The van der Waals surface area contributed by atoms with Crippen molar-refractivity contribution >= 4 is 5.91 Å². The van der Waals surface area contributed by atoms with Gasteiger partial charge in [0.1, 0.15) is 17.1 Å². The molecule has 168 valence electrons. The minimum Gasteiger partial charge on any atom is -0.438 e. The van der Waals surface area contributed by atoms with Crippen molar-refractivity contribution in [2.45, 2.75) is 12.5 Å². The Bertz CT molecular complexity index is 1170. The van der Waals surface area contributed by atoms with Crippen LogP contribution < -0.4 is 14.8 Å². The van der Waals surface area contributed by atoms with Gasteiger partial charge in [-0.25, -0.2) is 14.7 Å². The number of hydrogen-bond acceptors (Lipinski definition) is 5. The van der Waals surface area contributed by atoms with Crippen LogP contribution in [0, 0.1) is 0 Å². The van der Waals surface area contributed by atoms with Gasteiger partial charge >= 0.3 is 12.5 Å². The van der Waals surface area contributed by atoms with E-state index in [1.807, 2.05) is 0 Å². The fraction of sp³-hybridized carbons (Fsp3) is 0.105. The van der Waals surface area contributed by atoms with E-state index in [0.717, 1.165) is 36.7 Å². The second kappa shape index (κ2) is 8.61. The first-order valence-corrected chi connectivity index (χ1v) is 8.48. The van der Waals surface area contributed by atoms with E-state index in [1.165, 1.54) is 12.1 Å². The van der Waals surface area contributed by atoms with E-state index < -0.39 is 41.2 Å². The lowest BCUT2D eigenvalue weighted by Gasteiger charge is -2.12. The summed E-state index contributed by atoms with van der Waals surface area (Å²) in [6.07, 6.45) is -7.01. The van der Waals surface area contributed by atoms with E-state index in [1.54, 1.807) is 0 Å². The van der Waals surface area contributed by atoms with Crippen LogP contribution in [-0.4, -0.2) is 27.2 Å². The van der Waals surface area contributed by atoms with Crippen LogP contribution in [-0.2, 0) is 6.18 Å². The van der Waals surface area contributed by atoms with E-state index in [9.17, 15) is 36.3 Å². The first-order valence-electron chi connectivity index (χ1n) is 8.48. The molecule has 0 saturated heterocycles. The van der Waals surface area contributed by atoms with Crippen molar-refractivity contribution < 1.29 is 45.8 Å². The molecule has 3 aromatic rings. The van der Waals surface area contributed by atoms with Gasteiger partial charge in [-0.05, 0) is 42.5 Å². The number of halogens is 6. The molecule has 3 rings (SSSR count). The lowest BCUT2D eigenvalue weighted by molar-refractivity contribution is -0.274. The molecule has 1 amide bonds. The summed E-state index contributed by atoms with van der Waals surface area (Å²) in [5, 5.41) is 9.21. The van der Waals surface area contributed by atoms with Gasteiger partial charge < -0.3 is 14.7 Å². The molecule has 2 heterocycles. The zero-order valence-electron chi connectivity index (χ0n) is 15.6. The largest absolute Gasteiger partial charge is 0.573 e.